The first-order valence-electron chi connectivity index (χ1n) is 5.83. The Morgan fingerprint density at radius 3 is 2.31 bits per heavy atom. The maximum atomic E-state index is 11.9. The fraction of sp³-hybridized carbons (Fsp3) is 0.462. The molecule has 1 aromatic rings. The van der Waals surface area contributed by atoms with Crippen LogP contribution in [0.4, 0.5) is 0 Å². The number of hydrazine groups is 1. The van der Waals surface area contributed by atoms with E-state index in [1.807, 2.05) is 30.3 Å². The summed E-state index contributed by atoms with van der Waals surface area (Å²) >= 11 is 0. The van der Waals surface area contributed by atoms with Gasteiger partial charge in [-0.1, -0.05) is 18.2 Å². The minimum atomic E-state index is -0.0128. The largest absolute Gasteiger partial charge is 0.284 e. The Kier molecular flexibility index (Phi) is 3.25. The molecule has 2 rings (SSSR count). The van der Waals surface area contributed by atoms with E-state index >= 15 is 0 Å². The predicted octanol–water partition coefficient (Wildman–Crippen LogP) is 2.20. The summed E-state index contributed by atoms with van der Waals surface area (Å²) < 4.78 is 0. The molecular weight excluding hydrogens is 200 g/mol. The molecule has 86 valence electrons. The third-order valence-corrected chi connectivity index (χ3v) is 3.22. The van der Waals surface area contributed by atoms with Gasteiger partial charge in [0.2, 0.25) is 0 Å². The normalized spacial score (nSPS) is 25.6. The summed E-state index contributed by atoms with van der Waals surface area (Å²) in [7, 11) is 0. The summed E-state index contributed by atoms with van der Waals surface area (Å²) in [6.45, 7) is 4.30. The number of rotatable bonds is 2. The molecule has 0 saturated carbocycles. The van der Waals surface area contributed by atoms with Gasteiger partial charge in [-0.15, -0.1) is 0 Å². The highest BCUT2D eigenvalue weighted by Gasteiger charge is 2.28. The average Bonchev–Trinajstić information content (AvgIpc) is 2.62. The molecule has 1 fully saturated rings. The topological polar surface area (TPSA) is 32.3 Å². The monoisotopic (exact) mass is 218 g/mol. The van der Waals surface area contributed by atoms with E-state index in [4.69, 9.17) is 0 Å². The van der Waals surface area contributed by atoms with Gasteiger partial charge in [0, 0.05) is 17.6 Å². The van der Waals surface area contributed by atoms with Crippen molar-refractivity contribution in [2.24, 2.45) is 0 Å². The van der Waals surface area contributed by atoms with Crippen LogP contribution in [0.1, 0.15) is 37.0 Å². The predicted molar refractivity (Wildman–Crippen MR) is 63.9 cm³/mol. The van der Waals surface area contributed by atoms with E-state index in [2.05, 4.69) is 24.3 Å². The van der Waals surface area contributed by atoms with Crippen LogP contribution in [0.25, 0.3) is 0 Å². The molecule has 1 aromatic carbocycles. The van der Waals surface area contributed by atoms with Gasteiger partial charge in [0.05, 0.1) is 0 Å². The maximum absolute atomic E-state index is 11.9. The number of nitrogens with one attached hydrogen (secondary N) is 1. The lowest BCUT2D eigenvalue weighted by atomic mass is 10.2. The second-order valence-electron chi connectivity index (χ2n) is 4.49. The Morgan fingerprint density at radius 1 is 1.19 bits per heavy atom. The Labute approximate surface area is 96.4 Å². The highest BCUT2D eigenvalue weighted by atomic mass is 16.2. The van der Waals surface area contributed by atoms with Gasteiger partial charge < -0.3 is 0 Å². The van der Waals surface area contributed by atoms with Gasteiger partial charge in [0.15, 0.2) is 0 Å². The van der Waals surface area contributed by atoms with Crippen molar-refractivity contribution in [2.75, 3.05) is 0 Å². The lowest BCUT2D eigenvalue weighted by Gasteiger charge is -2.26. The van der Waals surface area contributed by atoms with E-state index in [9.17, 15) is 4.79 Å². The molecule has 1 aliphatic rings. The van der Waals surface area contributed by atoms with Crippen molar-refractivity contribution in [1.82, 2.24) is 10.4 Å². The average molecular weight is 218 g/mol. The molecule has 0 spiro atoms. The van der Waals surface area contributed by atoms with Crippen LogP contribution < -0.4 is 5.43 Å². The van der Waals surface area contributed by atoms with E-state index in [0.717, 1.165) is 12.8 Å². The van der Waals surface area contributed by atoms with E-state index in [1.165, 1.54) is 0 Å². The minimum absolute atomic E-state index is 0.0128. The van der Waals surface area contributed by atoms with Crippen LogP contribution in [0.5, 0.6) is 0 Å². The fourth-order valence-electron chi connectivity index (χ4n) is 2.19. The molecular formula is C13H18N2O. The summed E-state index contributed by atoms with van der Waals surface area (Å²) in [5.74, 6) is -0.0128. The van der Waals surface area contributed by atoms with Crippen molar-refractivity contribution in [1.29, 1.82) is 0 Å². The summed E-state index contributed by atoms with van der Waals surface area (Å²) in [4.78, 5) is 11.9. The number of hydrogen-bond donors (Lipinski definition) is 1. The number of benzene rings is 1. The molecule has 0 aliphatic carbocycles. The Bertz CT molecular complexity index is 353. The molecule has 1 N–H and O–H groups in total. The molecule has 0 aromatic heterocycles. The van der Waals surface area contributed by atoms with Gasteiger partial charge >= 0.3 is 0 Å². The van der Waals surface area contributed by atoms with Crippen molar-refractivity contribution < 1.29 is 4.79 Å². The second-order valence-corrected chi connectivity index (χ2v) is 4.49. The molecule has 3 nitrogen and oxygen atoms in total. The van der Waals surface area contributed by atoms with Crippen LogP contribution >= 0.6 is 0 Å². The van der Waals surface area contributed by atoms with E-state index in [1.54, 1.807) is 0 Å². The molecule has 0 bridgehead atoms. The molecule has 16 heavy (non-hydrogen) atoms. The SMILES string of the molecule is CC1CCC(C)N1NC(=O)c1ccccc1. The van der Waals surface area contributed by atoms with Crippen LogP contribution in [-0.2, 0) is 0 Å². The van der Waals surface area contributed by atoms with Crippen molar-refractivity contribution in [3.63, 3.8) is 0 Å². The van der Waals surface area contributed by atoms with Crippen LogP contribution in [0.2, 0.25) is 0 Å². The smallest absolute Gasteiger partial charge is 0.265 e. The third-order valence-electron chi connectivity index (χ3n) is 3.22. The molecule has 1 amide bonds. The van der Waals surface area contributed by atoms with Crippen molar-refractivity contribution in [2.45, 2.75) is 38.8 Å². The Hall–Kier alpha value is -1.35. The number of nitrogens with zero attached hydrogens (tertiary/aromatic N) is 1. The summed E-state index contributed by atoms with van der Waals surface area (Å²) in [5, 5.41) is 2.06. The summed E-state index contributed by atoms with van der Waals surface area (Å²) in [5.41, 5.74) is 3.71. The van der Waals surface area contributed by atoms with Gasteiger partial charge in [0.25, 0.3) is 5.91 Å². The Balaban J connectivity index is 2.02. The molecule has 1 heterocycles. The zero-order valence-corrected chi connectivity index (χ0v) is 9.81. The van der Waals surface area contributed by atoms with E-state index < -0.39 is 0 Å². The zero-order valence-electron chi connectivity index (χ0n) is 9.81. The van der Waals surface area contributed by atoms with Crippen molar-refractivity contribution >= 4 is 5.91 Å². The highest BCUT2D eigenvalue weighted by Crippen LogP contribution is 2.21. The Morgan fingerprint density at radius 2 is 1.75 bits per heavy atom. The number of carbonyl (C=O) groups excluding carboxylic acids is 1. The summed E-state index contributed by atoms with van der Waals surface area (Å²) in [6.07, 6.45) is 2.30. The number of carbonyl (C=O) groups is 1. The van der Waals surface area contributed by atoms with Gasteiger partial charge in [-0.3, -0.25) is 10.2 Å². The third kappa shape index (κ3) is 2.25. The lowest BCUT2D eigenvalue weighted by molar-refractivity contribution is 0.0703. The molecule has 1 saturated heterocycles. The first-order valence-corrected chi connectivity index (χ1v) is 5.83. The summed E-state index contributed by atoms with van der Waals surface area (Å²) in [6, 6.07) is 10.2. The maximum Gasteiger partial charge on any atom is 0.265 e. The van der Waals surface area contributed by atoms with Gasteiger partial charge in [-0.25, -0.2) is 5.01 Å². The molecule has 0 radical (unpaired) electrons. The van der Waals surface area contributed by atoms with E-state index in [-0.39, 0.29) is 5.91 Å². The van der Waals surface area contributed by atoms with Crippen molar-refractivity contribution in [3.8, 4) is 0 Å². The molecule has 1 aliphatic heterocycles. The van der Waals surface area contributed by atoms with Gasteiger partial charge in [-0.05, 0) is 38.8 Å². The molecule has 2 unspecified atom stereocenters. The van der Waals surface area contributed by atoms with Crippen LogP contribution in [-0.4, -0.2) is 23.0 Å². The highest BCUT2D eigenvalue weighted by molar-refractivity contribution is 5.93. The van der Waals surface area contributed by atoms with E-state index in [0.29, 0.717) is 17.6 Å². The number of hydrogen-bond acceptors (Lipinski definition) is 2. The van der Waals surface area contributed by atoms with Crippen LogP contribution in [0.15, 0.2) is 30.3 Å². The first-order chi connectivity index (χ1) is 7.68. The molecule has 3 heteroatoms. The van der Waals surface area contributed by atoms with Crippen LogP contribution in [0.3, 0.4) is 0 Å². The zero-order chi connectivity index (χ0) is 11.5. The standard InChI is InChI=1S/C13H18N2O/c1-10-8-9-11(2)15(10)14-13(16)12-6-4-3-5-7-12/h3-7,10-11H,8-9H2,1-2H3,(H,14,16). The lowest BCUT2D eigenvalue weighted by Crippen LogP contribution is -2.47. The second kappa shape index (κ2) is 4.66. The van der Waals surface area contributed by atoms with Crippen LogP contribution in [0, 0.1) is 0 Å². The molecule has 2 atom stereocenters. The minimum Gasteiger partial charge on any atom is -0.284 e. The van der Waals surface area contributed by atoms with Gasteiger partial charge in [0.1, 0.15) is 0 Å². The number of amides is 1. The quantitative estimate of drug-likeness (QED) is 0.825. The first kappa shape index (κ1) is 11.1. The fourth-order valence-corrected chi connectivity index (χ4v) is 2.19. The van der Waals surface area contributed by atoms with Gasteiger partial charge in [-0.2, -0.15) is 0 Å². The van der Waals surface area contributed by atoms with Crippen molar-refractivity contribution in [3.05, 3.63) is 35.9 Å².